The molecule has 0 aliphatic carbocycles. The summed E-state index contributed by atoms with van der Waals surface area (Å²) in [7, 11) is 1.58. The van der Waals surface area contributed by atoms with Gasteiger partial charge >= 0.3 is 0 Å². The molecule has 0 radical (unpaired) electrons. The molecule has 2 aromatic heterocycles. The second-order valence-corrected chi connectivity index (χ2v) is 4.04. The maximum Gasteiger partial charge on any atom is 0.137 e. The number of nitrogens with zero attached hydrogens (tertiary/aromatic N) is 3. The summed E-state index contributed by atoms with van der Waals surface area (Å²) in [6.45, 7) is 2.86. The van der Waals surface area contributed by atoms with E-state index in [0.717, 1.165) is 18.7 Å². The lowest BCUT2D eigenvalue weighted by Crippen LogP contribution is -2.10. The Balaban J connectivity index is 2.29. The number of aliphatic hydroxyl groups is 1. The summed E-state index contributed by atoms with van der Waals surface area (Å²) in [5.74, 6) is 0.633. The highest BCUT2D eigenvalue weighted by Crippen LogP contribution is 2.23. The summed E-state index contributed by atoms with van der Waals surface area (Å²) in [6.07, 6.45) is 5.18. The molecule has 0 fully saturated rings. The lowest BCUT2D eigenvalue weighted by molar-refractivity contribution is 0.206. The molecule has 5 heteroatoms. The molecule has 1 unspecified atom stereocenters. The lowest BCUT2D eigenvalue weighted by Gasteiger charge is -2.13. The van der Waals surface area contributed by atoms with Gasteiger partial charge in [-0.1, -0.05) is 6.92 Å². The largest absolute Gasteiger partial charge is 0.495 e. The highest BCUT2D eigenvalue weighted by atomic mass is 16.5. The van der Waals surface area contributed by atoms with E-state index in [1.807, 2.05) is 10.7 Å². The van der Waals surface area contributed by atoms with Crippen LogP contribution in [0.15, 0.2) is 30.7 Å². The zero-order chi connectivity index (χ0) is 13.0. The lowest BCUT2D eigenvalue weighted by atomic mass is 10.1. The van der Waals surface area contributed by atoms with Crippen molar-refractivity contribution in [1.82, 2.24) is 14.8 Å². The average molecular weight is 247 g/mol. The standard InChI is InChI=1S/C13H17N3O2/c1-3-6-16-12(4-5-15-16)13(17)10-7-11(18-2)9-14-8-10/h4-5,7-9,13,17H,3,6H2,1-2H3. The van der Waals surface area contributed by atoms with Crippen molar-refractivity contribution in [3.8, 4) is 5.75 Å². The Bertz CT molecular complexity index is 510. The number of rotatable bonds is 5. The van der Waals surface area contributed by atoms with E-state index in [4.69, 9.17) is 4.74 Å². The molecule has 1 atom stereocenters. The Morgan fingerprint density at radius 3 is 3.00 bits per heavy atom. The molecule has 2 aromatic rings. The van der Waals surface area contributed by atoms with Crippen molar-refractivity contribution >= 4 is 0 Å². The fourth-order valence-electron chi connectivity index (χ4n) is 1.84. The SMILES string of the molecule is CCCn1nccc1C(O)c1cncc(OC)c1. The van der Waals surface area contributed by atoms with E-state index in [9.17, 15) is 5.11 Å². The zero-order valence-electron chi connectivity index (χ0n) is 10.6. The van der Waals surface area contributed by atoms with E-state index >= 15 is 0 Å². The number of pyridine rings is 1. The molecule has 96 valence electrons. The van der Waals surface area contributed by atoms with Gasteiger partial charge < -0.3 is 9.84 Å². The molecule has 2 rings (SSSR count). The van der Waals surface area contributed by atoms with Gasteiger partial charge in [0.25, 0.3) is 0 Å². The Morgan fingerprint density at radius 1 is 1.44 bits per heavy atom. The molecule has 5 nitrogen and oxygen atoms in total. The number of aromatic nitrogens is 3. The quantitative estimate of drug-likeness (QED) is 0.875. The first-order valence-electron chi connectivity index (χ1n) is 5.95. The van der Waals surface area contributed by atoms with Crippen LogP contribution in [0.4, 0.5) is 0 Å². The summed E-state index contributed by atoms with van der Waals surface area (Å²) in [4.78, 5) is 4.05. The van der Waals surface area contributed by atoms with E-state index in [0.29, 0.717) is 11.3 Å². The molecule has 0 bridgehead atoms. The highest BCUT2D eigenvalue weighted by molar-refractivity contribution is 5.29. The van der Waals surface area contributed by atoms with Crippen LogP contribution in [0.2, 0.25) is 0 Å². The number of hydrogen-bond acceptors (Lipinski definition) is 4. The first-order valence-corrected chi connectivity index (χ1v) is 5.95. The zero-order valence-corrected chi connectivity index (χ0v) is 10.6. The van der Waals surface area contributed by atoms with Crippen molar-refractivity contribution in [3.63, 3.8) is 0 Å². The predicted molar refractivity (Wildman–Crippen MR) is 67.4 cm³/mol. The monoisotopic (exact) mass is 247 g/mol. The molecule has 0 aliphatic heterocycles. The smallest absolute Gasteiger partial charge is 0.137 e. The van der Waals surface area contributed by atoms with Crippen molar-refractivity contribution in [2.24, 2.45) is 0 Å². The second-order valence-electron chi connectivity index (χ2n) is 4.04. The molecule has 0 saturated heterocycles. The highest BCUT2D eigenvalue weighted by Gasteiger charge is 2.16. The minimum Gasteiger partial charge on any atom is -0.495 e. The minimum atomic E-state index is -0.735. The van der Waals surface area contributed by atoms with Crippen molar-refractivity contribution < 1.29 is 9.84 Å². The van der Waals surface area contributed by atoms with Crippen LogP contribution in [0.3, 0.4) is 0 Å². The van der Waals surface area contributed by atoms with E-state index < -0.39 is 6.10 Å². The molecule has 0 aromatic carbocycles. The van der Waals surface area contributed by atoms with Gasteiger partial charge in [0.15, 0.2) is 0 Å². The molecule has 0 aliphatic rings. The molecule has 18 heavy (non-hydrogen) atoms. The van der Waals surface area contributed by atoms with Crippen molar-refractivity contribution in [1.29, 1.82) is 0 Å². The van der Waals surface area contributed by atoms with Crippen molar-refractivity contribution in [3.05, 3.63) is 42.0 Å². The normalized spacial score (nSPS) is 12.4. The number of aliphatic hydroxyl groups excluding tert-OH is 1. The number of hydrogen-bond donors (Lipinski definition) is 1. The van der Waals surface area contributed by atoms with Gasteiger partial charge in [0.1, 0.15) is 11.9 Å². The molecule has 2 heterocycles. The Morgan fingerprint density at radius 2 is 2.28 bits per heavy atom. The van der Waals surface area contributed by atoms with Crippen LogP contribution in [-0.4, -0.2) is 27.0 Å². The van der Waals surface area contributed by atoms with Gasteiger partial charge in [-0.15, -0.1) is 0 Å². The maximum absolute atomic E-state index is 10.4. The van der Waals surface area contributed by atoms with Crippen LogP contribution < -0.4 is 4.74 Å². The minimum absolute atomic E-state index is 0.633. The summed E-state index contributed by atoms with van der Waals surface area (Å²) in [5.41, 5.74) is 1.47. The Hall–Kier alpha value is -1.88. The Labute approximate surface area is 106 Å². The molecule has 0 spiro atoms. The third kappa shape index (κ3) is 2.51. The molecule has 0 saturated carbocycles. The van der Waals surface area contributed by atoms with Gasteiger partial charge in [0.05, 0.1) is 19.0 Å². The van der Waals surface area contributed by atoms with Gasteiger partial charge in [0.2, 0.25) is 0 Å². The Kier molecular flexibility index (Phi) is 3.94. The molecule has 1 N–H and O–H groups in total. The third-order valence-corrected chi connectivity index (χ3v) is 2.75. The summed E-state index contributed by atoms with van der Waals surface area (Å²) in [5, 5.41) is 14.6. The first-order chi connectivity index (χ1) is 8.76. The van der Waals surface area contributed by atoms with Crippen LogP contribution in [-0.2, 0) is 6.54 Å². The number of aryl methyl sites for hydroxylation is 1. The van der Waals surface area contributed by atoms with E-state index in [1.54, 1.807) is 31.8 Å². The maximum atomic E-state index is 10.4. The summed E-state index contributed by atoms with van der Waals surface area (Å²) in [6, 6.07) is 3.60. The fraction of sp³-hybridized carbons (Fsp3) is 0.385. The van der Waals surface area contributed by atoms with E-state index in [2.05, 4.69) is 17.0 Å². The van der Waals surface area contributed by atoms with Gasteiger partial charge in [-0.05, 0) is 18.6 Å². The number of ether oxygens (including phenoxy) is 1. The van der Waals surface area contributed by atoms with E-state index in [-0.39, 0.29) is 0 Å². The second kappa shape index (κ2) is 5.64. The van der Waals surface area contributed by atoms with Crippen LogP contribution in [0.1, 0.15) is 30.7 Å². The van der Waals surface area contributed by atoms with Crippen LogP contribution in [0, 0.1) is 0 Å². The topological polar surface area (TPSA) is 60.2 Å². The van der Waals surface area contributed by atoms with Crippen LogP contribution >= 0.6 is 0 Å². The molecule has 0 amide bonds. The number of methoxy groups -OCH3 is 1. The average Bonchev–Trinajstić information content (AvgIpc) is 2.86. The molecular weight excluding hydrogens is 230 g/mol. The third-order valence-electron chi connectivity index (χ3n) is 2.75. The van der Waals surface area contributed by atoms with Crippen molar-refractivity contribution in [2.45, 2.75) is 26.0 Å². The van der Waals surface area contributed by atoms with E-state index in [1.165, 1.54) is 0 Å². The van der Waals surface area contributed by atoms with Crippen LogP contribution in [0.25, 0.3) is 0 Å². The van der Waals surface area contributed by atoms with Gasteiger partial charge in [-0.2, -0.15) is 5.10 Å². The van der Waals surface area contributed by atoms with Crippen LogP contribution in [0.5, 0.6) is 5.75 Å². The van der Waals surface area contributed by atoms with Gasteiger partial charge in [-0.3, -0.25) is 9.67 Å². The van der Waals surface area contributed by atoms with Gasteiger partial charge in [0, 0.05) is 24.5 Å². The predicted octanol–water partition coefficient (Wildman–Crippen LogP) is 1.78. The van der Waals surface area contributed by atoms with Crippen molar-refractivity contribution in [2.75, 3.05) is 7.11 Å². The fourth-order valence-corrected chi connectivity index (χ4v) is 1.84. The molecular formula is C13H17N3O2. The van der Waals surface area contributed by atoms with Gasteiger partial charge in [-0.25, -0.2) is 0 Å². The summed E-state index contributed by atoms with van der Waals surface area (Å²) < 4.78 is 6.91. The first kappa shape index (κ1) is 12.6. The summed E-state index contributed by atoms with van der Waals surface area (Å²) >= 11 is 0.